The number of ether oxygens (including phenoxy) is 3. The first-order chi connectivity index (χ1) is 14.5. The van der Waals surface area contributed by atoms with Gasteiger partial charge >= 0.3 is 0 Å². The fourth-order valence-electron chi connectivity index (χ4n) is 3.34. The molecular formula is C21H20BrFN2O5. The number of hydrogen-bond donors (Lipinski definition) is 0. The maximum Gasteiger partial charge on any atom is 0.267 e. The number of halogens is 2. The van der Waals surface area contributed by atoms with Crippen LogP contribution in [0.5, 0.6) is 17.2 Å². The molecule has 9 heteroatoms. The van der Waals surface area contributed by atoms with Crippen LogP contribution in [0.1, 0.15) is 0 Å². The molecule has 1 saturated heterocycles. The van der Waals surface area contributed by atoms with Crippen LogP contribution in [0.4, 0.5) is 4.39 Å². The molecule has 30 heavy (non-hydrogen) atoms. The highest BCUT2D eigenvalue weighted by Crippen LogP contribution is 2.31. The van der Waals surface area contributed by atoms with Crippen molar-refractivity contribution in [1.82, 2.24) is 9.80 Å². The highest BCUT2D eigenvalue weighted by molar-refractivity contribution is 9.10. The molecule has 2 amide bonds. The number of fused-ring (bicyclic) bond motifs is 1. The number of benzene rings is 2. The van der Waals surface area contributed by atoms with Gasteiger partial charge in [0.05, 0.1) is 0 Å². The van der Waals surface area contributed by atoms with Gasteiger partial charge in [-0.2, -0.15) is 0 Å². The third-order valence-electron chi connectivity index (χ3n) is 4.97. The van der Waals surface area contributed by atoms with Gasteiger partial charge in [-0.25, -0.2) is 4.39 Å². The summed E-state index contributed by atoms with van der Waals surface area (Å²) in [7, 11) is 0. The summed E-state index contributed by atoms with van der Waals surface area (Å²) in [5.41, 5.74) is 0. The van der Waals surface area contributed by atoms with Gasteiger partial charge in [0, 0.05) is 30.7 Å². The topological polar surface area (TPSA) is 68.3 Å². The van der Waals surface area contributed by atoms with Gasteiger partial charge in [-0.1, -0.05) is 28.1 Å². The Labute approximate surface area is 181 Å². The fraction of sp³-hybridized carbons (Fsp3) is 0.333. The maximum atomic E-state index is 13.8. The monoisotopic (exact) mass is 478 g/mol. The Morgan fingerprint density at radius 1 is 1.07 bits per heavy atom. The molecule has 2 heterocycles. The number of piperazine rings is 1. The van der Waals surface area contributed by atoms with E-state index in [1.807, 2.05) is 12.1 Å². The first kappa shape index (κ1) is 20.5. The van der Waals surface area contributed by atoms with Crippen LogP contribution in [0.3, 0.4) is 0 Å². The van der Waals surface area contributed by atoms with Gasteiger partial charge in [-0.05, 0) is 30.3 Å². The van der Waals surface area contributed by atoms with Crippen molar-refractivity contribution in [3.8, 4) is 17.2 Å². The molecule has 158 valence electrons. The number of para-hydroxylation sites is 2. The molecule has 2 aliphatic rings. The molecule has 1 fully saturated rings. The van der Waals surface area contributed by atoms with Crippen molar-refractivity contribution in [3.63, 3.8) is 0 Å². The van der Waals surface area contributed by atoms with E-state index in [2.05, 4.69) is 15.9 Å². The molecule has 4 rings (SSSR count). The van der Waals surface area contributed by atoms with Crippen LogP contribution in [0.25, 0.3) is 0 Å². The SMILES string of the molecule is O=C(COc1ccc(Br)cc1F)N1CCN(C(=O)C2COc3ccccc3O2)CC1. The van der Waals surface area contributed by atoms with Crippen LogP contribution in [-0.4, -0.2) is 67.1 Å². The molecule has 2 aromatic carbocycles. The summed E-state index contributed by atoms with van der Waals surface area (Å²) >= 11 is 3.17. The van der Waals surface area contributed by atoms with Gasteiger partial charge in [-0.15, -0.1) is 0 Å². The summed E-state index contributed by atoms with van der Waals surface area (Å²) in [5.74, 6) is 0.242. The molecular weight excluding hydrogens is 459 g/mol. The molecule has 0 saturated carbocycles. The second-order valence-corrected chi connectivity index (χ2v) is 7.85. The number of amides is 2. The predicted octanol–water partition coefficient (Wildman–Crippen LogP) is 2.48. The van der Waals surface area contributed by atoms with Crippen LogP contribution < -0.4 is 14.2 Å². The minimum absolute atomic E-state index is 0.0232. The molecule has 1 atom stereocenters. The van der Waals surface area contributed by atoms with Crippen molar-refractivity contribution in [1.29, 1.82) is 0 Å². The van der Waals surface area contributed by atoms with Gasteiger partial charge < -0.3 is 24.0 Å². The van der Waals surface area contributed by atoms with E-state index in [4.69, 9.17) is 14.2 Å². The van der Waals surface area contributed by atoms with Crippen molar-refractivity contribution in [3.05, 3.63) is 52.8 Å². The predicted molar refractivity (Wildman–Crippen MR) is 109 cm³/mol. The number of carbonyl (C=O) groups excluding carboxylic acids is 2. The lowest BCUT2D eigenvalue weighted by Crippen LogP contribution is -2.55. The molecule has 0 aromatic heterocycles. The lowest BCUT2D eigenvalue weighted by Gasteiger charge is -2.37. The molecule has 2 aromatic rings. The lowest BCUT2D eigenvalue weighted by atomic mass is 10.2. The third kappa shape index (κ3) is 4.51. The highest BCUT2D eigenvalue weighted by atomic mass is 79.9. The maximum absolute atomic E-state index is 13.8. The average Bonchev–Trinajstić information content (AvgIpc) is 2.77. The Morgan fingerprint density at radius 2 is 1.77 bits per heavy atom. The van der Waals surface area contributed by atoms with E-state index >= 15 is 0 Å². The number of carbonyl (C=O) groups is 2. The number of rotatable bonds is 4. The van der Waals surface area contributed by atoms with E-state index in [1.165, 1.54) is 12.1 Å². The zero-order chi connectivity index (χ0) is 21.1. The molecule has 2 aliphatic heterocycles. The van der Waals surface area contributed by atoms with Gasteiger partial charge in [0.1, 0.15) is 6.61 Å². The van der Waals surface area contributed by atoms with Crippen LogP contribution in [0.15, 0.2) is 46.9 Å². The van der Waals surface area contributed by atoms with Crippen LogP contribution in [0, 0.1) is 5.82 Å². The Bertz CT molecular complexity index is 949. The molecule has 0 spiro atoms. The first-order valence-corrected chi connectivity index (χ1v) is 10.3. The minimum Gasteiger partial charge on any atom is -0.485 e. The van der Waals surface area contributed by atoms with E-state index in [0.29, 0.717) is 42.2 Å². The Morgan fingerprint density at radius 3 is 2.50 bits per heavy atom. The summed E-state index contributed by atoms with van der Waals surface area (Å²) in [6.45, 7) is 1.42. The summed E-state index contributed by atoms with van der Waals surface area (Å²) in [4.78, 5) is 28.4. The second-order valence-electron chi connectivity index (χ2n) is 6.93. The Balaban J connectivity index is 1.26. The van der Waals surface area contributed by atoms with Crippen molar-refractivity contribution in [2.24, 2.45) is 0 Å². The molecule has 7 nitrogen and oxygen atoms in total. The van der Waals surface area contributed by atoms with Crippen molar-refractivity contribution in [2.75, 3.05) is 39.4 Å². The van der Waals surface area contributed by atoms with E-state index < -0.39 is 11.9 Å². The zero-order valence-corrected chi connectivity index (χ0v) is 17.6. The third-order valence-corrected chi connectivity index (χ3v) is 5.47. The quantitative estimate of drug-likeness (QED) is 0.675. The molecule has 0 bridgehead atoms. The van der Waals surface area contributed by atoms with Crippen LogP contribution in [0.2, 0.25) is 0 Å². The molecule has 0 aliphatic carbocycles. The van der Waals surface area contributed by atoms with Crippen molar-refractivity contribution < 1.29 is 28.2 Å². The average molecular weight is 479 g/mol. The van der Waals surface area contributed by atoms with Crippen molar-refractivity contribution >= 4 is 27.7 Å². The number of nitrogens with zero attached hydrogens (tertiary/aromatic N) is 2. The normalized spacial score (nSPS) is 18.1. The minimum atomic E-state index is -0.703. The Hall–Kier alpha value is -2.81. The van der Waals surface area contributed by atoms with E-state index in [9.17, 15) is 14.0 Å². The largest absolute Gasteiger partial charge is 0.485 e. The van der Waals surface area contributed by atoms with Gasteiger partial charge in [0.15, 0.2) is 29.7 Å². The first-order valence-electron chi connectivity index (χ1n) is 9.54. The molecule has 1 unspecified atom stereocenters. The van der Waals surface area contributed by atoms with Gasteiger partial charge in [0.2, 0.25) is 6.10 Å². The summed E-state index contributed by atoms with van der Waals surface area (Å²) in [6.07, 6.45) is -0.703. The van der Waals surface area contributed by atoms with Gasteiger partial charge in [-0.3, -0.25) is 9.59 Å². The van der Waals surface area contributed by atoms with Crippen LogP contribution in [-0.2, 0) is 9.59 Å². The fourth-order valence-corrected chi connectivity index (χ4v) is 3.68. The summed E-state index contributed by atoms with van der Waals surface area (Å²) in [5, 5.41) is 0. The van der Waals surface area contributed by atoms with Crippen molar-refractivity contribution in [2.45, 2.75) is 6.10 Å². The van der Waals surface area contributed by atoms with Crippen LogP contribution >= 0.6 is 15.9 Å². The Kier molecular flexibility index (Phi) is 6.08. The van der Waals surface area contributed by atoms with E-state index in [-0.39, 0.29) is 30.8 Å². The second kappa shape index (κ2) is 8.91. The highest BCUT2D eigenvalue weighted by Gasteiger charge is 2.33. The van der Waals surface area contributed by atoms with Gasteiger partial charge in [0.25, 0.3) is 11.8 Å². The smallest absolute Gasteiger partial charge is 0.267 e. The number of hydrogen-bond acceptors (Lipinski definition) is 5. The van der Waals surface area contributed by atoms with E-state index in [0.717, 1.165) is 0 Å². The zero-order valence-electron chi connectivity index (χ0n) is 16.1. The summed E-state index contributed by atoms with van der Waals surface area (Å²) in [6, 6.07) is 11.6. The van der Waals surface area contributed by atoms with E-state index in [1.54, 1.807) is 28.0 Å². The molecule has 0 radical (unpaired) electrons. The summed E-state index contributed by atoms with van der Waals surface area (Å²) < 4.78 is 31.1. The molecule has 0 N–H and O–H groups in total. The lowest BCUT2D eigenvalue weighted by molar-refractivity contribution is -0.146. The standard InChI is InChI=1S/C21H20BrFN2O5/c22-14-5-6-16(15(23)11-14)29-13-20(26)24-7-9-25(10-8-24)21(27)19-12-28-17-3-1-2-4-18(17)30-19/h1-6,11,19H,7-10,12-13H2.